The number of methoxy groups -OCH3 is 1. The number of amides is 1. The highest BCUT2D eigenvalue weighted by Gasteiger charge is 2.35. The lowest BCUT2D eigenvalue weighted by Gasteiger charge is -2.29. The van der Waals surface area contributed by atoms with Crippen LogP contribution in [0.25, 0.3) is 0 Å². The third-order valence-electron chi connectivity index (χ3n) is 3.93. The van der Waals surface area contributed by atoms with Crippen LogP contribution in [0.3, 0.4) is 0 Å². The van der Waals surface area contributed by atoms with Gasteiger partial charge in [0.05, 0.1) is 12.6 Å². The number of rotatable bonds is 5. The third kappa shape index (κ3) is 2.93. The molecule has 3 rings (SSSR count). The summed E-state index contributed by atoms with van der Waals surface area (Å²) < 4.78 is 5.19. The molecule has 0 N–H and O–H groups in total. The summed E-state index contributed by atoms with van der Waals surface area (Å²) in [4.78, 5) is 18.8. The van der Waals surface area contributed by atoms with Gasteiger partial charge in [0.1, 0.15) is 11.4 Å². The molecule has 1 aromatic heterocycles. The van der Waals surface area contributed by atoms with Crippen LogP contribution in [-0.2, 0) is 0 Å². The van der Waals surface area contributed by atoms with E-state index in [2.05, 4.69) is 11.9 Å². The normalized spacial score (nSPS) is 15.5. The predicted molar refractivity (Wildman–Crippen MR) is 84.1 cm³/mol. The van der Waals surface area contributed by atoms with Crippen LogP contribution < -0.4 is 9.64 Å². The SMILES string of the molecule is COc1ccc(N(C(=O)c2cscn2)[C@@H](C)C2CC2)cc1. The van der Waals surface area contributed by atoms with Gasteiger partial charge in [0, 0.05) is 17.1 Å². The summed E-state index contributed by atoms with van der Waals surface area (Å²) in [5.41, 5.74) is 3.11. The Labute approximate surface area is 128 Å². The summed E-state index contributed by atoms with van der Waals surface area (Å²) in [6.07, 6.45) is 2.39. The molecule has 0 bridgehead atoms. The zero-order chi connectivity index (χ0) is 14.8. The minimum absolute atomic E-state index is 0.0270. The Kier molecular flexibility index (Phi) is 3.92. The first-order valence-corrected chi connectivity index (χ1v) is 8.01. The Morgan fingerprint density at radius 2 is 2.10 bits per heavy atom. The number of hydrogen-bond donors (Lipinski definition) is 0. The van der Waals surface area contributed by atoms with Gasteiger partial charge in [-0.3, -0.25) is 4.79 Å². The average Bonchev–Trinajstić information content (AvgIpc) is 3.22. The second-order valence-corrected chi connectivity index (χ2v) is 6.04. The molecule has 0 unspecified atom stereocenters. The van der Waals surface area contributed by atoms with Crippen LogP contribution in [0.5, 0.6) is 5.75 Å². The number of carbonyl (C=O) groups is 1. The summed E-state index contributed by atoms with van der Waals surface area (Å²) in [6, 6.07) is 7.82. The fourth-order valence-corrected chi connectivity index (χ4v) is 3.04. The van der Waals surface area contributed by atoms with Gasteiger partial charge < -0.3 is 9.64 Å². The van der Waals surface area contributed by atoms with Crippen LogP contribution in [0.1, 0.15) is 30.3 Å². The fourth-order valence-electron chi connectivity index (χ4n) is 2.51. The Morgan fingerprint density at radius 1 is 1.38 bits per heavy atom. The van der Waals surface area contributed by atoms with Gasteiger partial charge >= 0.3 is 0 Å². The van der Waals surface area contributed by atoms with Crippen molar-refractivity contribution in [3.05, 3.63) is 40.8 Å². The van der Waals surface area contributed by atoms with E-state index in [1.165, 1.54) is 24.2 Å². The molecule has 0 aliphatic heterocycles. The largest absolute Gasteiger partial charge is 0.497 e. The van der Waals surface area contributed by atoms with Gasteiger partial charge in [-0.2, -0.15) is 0 Å². The van der Waals surface area contributed by atoms with E-state index >= 15 is 0 Å². The summed E-state index contributed by atoms with van der Waals surface area (Å²) in [5.74, 6) is 1.36. The monoisotopic (exact) mass is 302 g/mol. The van der Waals surface area contributed by atoms with Crippen molar-refractivity contribution in [3.63, 3.8) is 0 Å². The molecule has 4 nitrogen and oxygen atoms in total. The maximum atomic E-state index is 12.8. The Hall–Kier alpha value is -1.88. The molecule has 1 aromatic carbocycles. The molecule has 1 saturated carbocycles. The first-order valence-electron chi connectivity index (χ1n) is 7.06. The van der Waals surface area contributed by atoms with E-state index < -0.39 is 0 Å². The Bertz CT molecular complexity index is 606. The van der Waals surface area contributed by atoms with Gasteiger partial charge in [0.2, 0.25) is 0 Å². The standard InChI is InChI=1S/C16H18N2O2S/c1-11(12-3-4-12)18(16(19)15-9-21-10-17-15)13-5-7-14(20-2)8-6-13/h5-12H,3-4H2,1-2H3/t11-/m0/s1. The molecule has 0 radical (unpaired) electrons. The number of nitrogens with zero attached hydrogens (tertiary/aromatic N) is 2. The zero-order valence-corrected chi connectivity index (χ0v) is 13.0. The number of hydrogen-bond acceptors (Lipinski definition) is 4. The molecule has 21 heavy (non-hydrogen) atoms. The van der Waals surface area contributed by atoms with Crippen molar-refractivity contribution < 1.29 is 9.53 Å². The van der Waals surface area contributed by atoms with E-state index in [0.29, 0.717) is 11.6 Å². The number of thiazole rings is 1. The van der Waals surface area contributed by atoms with Gasteiger partial charge in [-0.1, -0.05) is 0 Å². The van der Waals surface area contributed by atoms with Crippen molar-refractivity contribution in [3.8, 4) is 5.75 Å². The number of aromatic nitrogens is 1. The van der Waals surface area contributed by atoms with Crippen LogP contribution in [0, 0.1) is 5.92 Å². The molecular weight excluding hydrogens is 284 g/mol. The molecule has 1 fully saturated rings. The molecule has 1 aliphatic rings. The van der Waals surface area contributed by atoms with E-state index in [4.69, 9.17) is 4.74 Å². The summed E-state index contributed by atoms with van der Waals surface area (Å²) in [5, 5.41) is 1.80. The van der Waals surface area contributed by atoms with E-state index in [0.717, 1.165) is 11.4 Å². The molecule has 1 heterocycles. The van der Waals surface area contributed by atoms with E-state index in [-0.39, 0.29) is 11.9 Å². The van der Waals surface area contributed by atoms with Gasteiger partial charge in [0.25, 0.3) is 5.91 Å². The highest BCUT2D eigenvalue weighted by molar-refractivity contribution is 7.07. The van der Waals surface area contributed by atoms with E-state index in [1.807, 2.05) is 29.2 Å². The van der Waals surface area contributed by atoms with Gasteiger partial charge in [0.15, 0.2) is 0 Å². The van der Waals surface area contributed by atoms with Gasteiger partial charge in [-0.15, -0.1) is 11.3 Å². The lowest BCUT2D eigenvalue weighted by atomic mass is 10.1. The van der Waals surface area contributed by atoms with Crippen LogP contribution in [0.4, 0.5) is 5.69 Å². The molecule has 2 aromatic rings. The van der Waals surface area contributed by atoms with Crippen LogP contribution in [-0.4, -0.2) is 24.0 Å². The first-order chi connectivity index (χ1) is 10.2. The molecule has 110 valence electrons. The molecule has 1 amide bonds. The Morgan fingerprint density at radius 3 is 2.62 bits per heavy atom. The highest BCUT2D eigenvalue weighted by Crippen LogP contribution is 2.37. The summed E-state index contributed by atoms with van der Waals surface area (Å²) in [7, 11) is 1.64. The zero-order valence-electron chi connectivity index (χ0n) is 12.2. The van der Waals surface area contributed by atoms with Crippen molar-refractivity contribution in [2.75, 3.05) is 12.0 Å². The molecule has 5 heteroatoms. The fraction of sp³-hybridized carbons (Fsp3) is 0.375. The quantitative estimate of drug-likeness (QED) is 0.847. The van der Waals surface area contributed by atoms with Crippen molar-refractivity contribution in [2.45, 2.75) is 25.8 Å². The second kappa shape index (κ2) is 5.85. The number of anilines is 1. The van der Waals surface area contributed by atoms with Crippen molar-refractivity contribution >= 4 is 22.9 Å². The predicted octanol–water partition coefficient (Wildman–Crippen LogP) is 3.60. The molecule has 1 aliphatic carbocycles. The van der Waals surface area contributed by atoms with Crippen molar-refractivity contribution in [1.82, 2.24) is 4.98 Å². The smallest absolute Gasteiger partial charge is 0.277 e. The molecule has 1 atom stereocenters. The topological polar surface area (TPSA) is 42.4 Å². The van der Waals surface area contributed by atoms with E-state index in [1.54, 1.807) is 18.0 Å². The minimum atomic E-state index is -0.0270. The average molecular weight is 302 g/mol. The van der Waals surface area contributed by atoms with Crippen LogP contribution in [0.2, 0.25) is 0 Å². The summed E-state index contributed by atoms with van der Waals surface area (Å²) in [6.45, 7) is 2.12. The number of carbonyl (C=O) groups excluding carboxylic acids is 1. The number of ether oxygens (including phenoxy) is 1. The van der Waals surface area contributed by atoms with Crippen LogP contribution >= 0.6 is 11.3 Å². The van der Waals surface area contributed by atoms with Gasteiger partial charge in [-0.25, -0.2) is 4.98 Å². The molecule has 0 saturated heterocycles. The number of benzene rings is 1. The van der Waals surface area contributed by atoms with Crippen molar-refractivity contribution in [1.29, 1.82) is 0 Å². The second-order valence-electron chi connectivity index (χ2n) is 5.32. The Balaban J connectivity index is 1.92. The minimum Gasteiger partial charge on any atom is -0.497 e. The molecule has 0 spiro atoms. The third-order valence-corrected chi connectivity index (χ3v) is 4.52. The van der Waals surface area contributed by atoms with Crippen LogP contribution in [0.15, 0.2) is 35.2 Å². The maximum absolute atomic E-state index is 12.8. The first kappa shape index (κ1) is 14.1. The van der Waals surface area contributed by atoms with Gasteiger partial charge in [-0.05, 0) is 49.9 Å². The highest BCUT2D eigenvalue weighted by atomic mass is 32.1. The lowest BCUT2D eigenvalue weighted by Crippen LogP contribution is -2.40. The van der Waals surface area contributed by atoms with E-state index in [9.17, 15) is 4.79 Å². The lowest BCUT2D eigenvalue weighted by molar-refractivity contribution is 0.0971. The summed E-state index contributed by atoms with van der Waals surface area (Å²) >= 11 is 1.44. The van der Waals surface area contributed by atoms with Crippen molar-refractivity contribution in [2.24, 2.45) is 5.92 Å². The maximum Gasteiger partial charge on any atom is 0.277 e. The molecular formula is C16H18N2O2S.